The van der Waals surface area contributed by atoms with E-state index in [2.05, 4.69) is 10.3 Å². The summed E-state index contributed by atoms with van der Waals surface area (Å²) in [5, 5.41) is 2.84. The highest BCUT2D eigenvalue weighted by atomic mass is 19.1. The lowest BCUT2D eigenvalue weighted by atomic mass is 9.87. The lowest BCUT2D eigenvalue weighted by Gasteiger charge is -2.23. The van der Waals surface area contributed by atoms with E-state index in [-0.39, 0.29) is 11.8 Å². The molecular formula is C12H17FN2O. The first-order valence-electron chi connectivity index (χ1n) is 5.80. The first-order chi connectivity index (χ1) is 7.75. The zero-order valence-corrected chi connectivity index (χ0v) is 9.21. The van der Waals surface area contributed by atoms with E-state index in [4.69, 9.17) is 0 Å². The Balaban J connectivity index is 1.79. The Morgan fingerprint density at radius 2 is 2.44 bits per heavy atom. The summed E-state index contributed by atoms with van der Waals surface area (Å²) < 4.78 is 13.1. The molecule has 1 saturated carbocycles. The van der Waals surface area contributed by atoms with E-state index in [0.717, 1.165) is 18.5 Å². The molecule has 3 nitrogen and oxygen atoms in total. The minimum Gasteiger partial charge on any atom is -0.364 e. The maximum atomic E-state index is 13.1. The molecule has 0 saturated heterocycles. The second-order valence-electron chi connectivity index (χ2n) is 4.37. The number of nitrogens with one attached hydrogen (secondary N) is 2. The topological polar surface area (TPSA) is 44.9 Å². The Morgan fingerprint density at radius 3 is 3.12 bits per heavy atom. The molecule has 4 heteroatoms. The molecule has 2 N–H and O–H groups in total. The zero-order valence-electron chi connectivity index (χ0n) is 9.21. The normalized spacial score (nSPS) is 25.3. The zero-order chi connectivity index (χ0) is 11.4. The number of aromatic nitrogens is 1. The summed E-state index contributed by atoms with van der Waals surface area (Å²) in [6.45, 7) is 0.499. The van der Waals surface area contributed by atoms with Crippen LogP contribution in [0.3, 0.4) is 0 Å². The maximum Gasteiger partial charge on any atom is 0.223 e. The molecule has 0 bridgehead atoms. The second kappa shape index (κ2) is 5.14. The minimum absolute atomic E-state index is 0.0167. The minimum atomic E-state index is -0.796. The number of H-pyrrole nitrogens is 1. The van der Waals surface area contributed by atoms with Crippen LogP contribution in [0.1, 0.15) is 31.4 Å². The van der Waals surface area contributed by atoms with Crippen LogP contribution < -0.4 is 5.32 Å². The molecule has 0 radical (unpaired) electrons. The average Bonchev–Trinajstić information content (AvgIpc) is 2.78. The van der Waals surface area contributed by atoms with Crippen LogP contribution in [-0.4, -0.2) is 17.1 Å². The summed E-state index contributed by atoms with van der Waals surface area (Å²) in [6.07, 6.45) is 3.66. The van der Waals surface area contributed by atoms with Gasteiger partial charge in [0.2, 0.25) is 5.91 Å². The predicted molar refractivity (Wildman–Crippen MR) is 59.5 cm³/mol. The van der Waals surface area contributed by atoms with Gasteiger partial charge in [-0.25, -0.2) is 4.39 Å². The molecule has 1 aliphatic rings. The van der Waals surface area contributed by atoms with Gasteiger partial charge in [-0.3, -0.25) is 4.79 Å². The van der Waals surface area contributed by atoms with Crippen LogP contribution in [0.15, 0.2) is 18.3 Å². The summed E-state index contributed by atoms with van der Waals surface area (Å²) in [7, 11) is 0. The summed E-state index contributed by atoms with van der Waals surface area (Å²) in [6, 6.07) is 3.80. The van der Waals surface area contributed by atoms with Gasteiger partial charge in [0.1, 0.15) is 6.17 Å². The van der Waals surface area contributed by atoms with Crippen LogP contribution >= 0.6 is 0 Å². The fourth-order valence-corrected chi connectivity index (χ4v) is 2.17. The first-order valence-corrected chi connectivity index (χ1v) is 5.80. The van der Waals surface area contributed by atoms with Gasteiger partial charge < -0.3 is 10.3 Å². The van der Waals surface area contributed by atoms with E-state index in [0.29, 0.717) is 19.4 Å². The van der Waals surface area contributed by atoms with Gasteiger partial charge in [0, 0.05) is 17.8 Å². The van der Waals surface area contributed by atoms with Crippen molar-refractivity contribution in [1.82, 2.24) is 10.3 Å². The standard InChI is InChI=1S/C12H17FN2O/c13-10-4-1-3-9(7-10)12(16)15-8-11-5-2-6-14-11/h2,5-6,9-10,14H,1,3-4,7-8H2,(H,15,16). The van der Waals surface area contributed by atoms with Gasteiger partial charge in [-0.15, -0.1) is 0 Å². The van der Waals surface area contributed by atoms with Crippen LogP contribution in [0.4, 0.5) is 4.39 Å². The number of hydrogen-bond donors (Lipinski definition) is 2. The molecule has 1 heterocycles. The van der Waals surface area contributed by atoms with Crippen molar-refractivity contribution in [3.05, 3.63) is 24.0 Å². The summed E-state index contributed by atoms with van der Waals surface area (Å²) >= 11 is 0. The number of carbonyl (C=O) groups excluding carboxylic acids is 1. The van der Waals surface area contributed by atoms with Crippen LogP contribution in [0.25, 0.3) is 0 Å². The molecule has 1 aliphatic carbocycles. The number of aromatic amines is 1. The van der Waals surface area contributed by atoms with Gasteiger partial charge in [-0.05, 0) is 37.8 Å². The summed E-state index contributed by atoms with van der Waals surface area (Å²) in [4.78, 5) is 14.8. The Kier molecular flexibility index (Phi) is 3.59. The number of amides is 1. The van der Waals surface area contributed by atoms with Crippen LogP contribution in [0, 0.1) is 5.92 Å². The average molecular weight is 224 g/mol. The molecule has 1 fully saturated rings. The molecule has 0 aliphatic heterocycles. The van der Waals surface area contributed by atoms with Crippen LogP contribution in [0.5, 0.6) is 0 Å². The monoisotopic (exact) mass is 224 g/mol. The summed E-state index contributed by atoms with van der Waals surface area (Å²) in [5.74, 6) is -0.157. The fraction of sp³-hybridized carbons (Fsp3) is 0.583. The van der Waals surface area contributed by atoms with Crippen LogP contribution in [0.2, 0.25) is 0 Å². The van der Waals surface area contributed by atoms with E-state index >= 15 is 0 Å². The van der Waals surface area contributed by atoms with Crippen molar-refractivity contribution in [1.29, 1.82) is 0 Å². The number of halogens is 1. The van der Waals surface area contributed by atoms with Gasteiger partial charge in [-0.2, -0.15) is 0 Å². The number of rotatable bonds is 3. The Bertz CT molecular complexity index is 337. The second-order valence-corrected chi connectivity index (χ2v) is 4.37. The van der Waals surface area contributed by atoms with E-state index in [1.54, 1.807) is 0 Å². The molecule has 16 heavy (non-hydrogen) atoms. The van der Waals surface area contributed by atoms with Crippen LogP contribution in [-0.2, 0) is 11.3 Å². The molecule has 1 aromatic rings. The molecule has 0 spiro atoms. The van der Waals surface area contributed by atoms with Gasteiger partial charge in [-0.1, -0.05) is 0 Å². The van der Waals surface area contributed by atoms with Crippen molar-refractivity contribution < 1.29 is 9.18 Å². The van der Waals surface area contributed by atoms with Crippen molar-refractivity contribution in [2.75, 3.05) is 0 Å². The number of alkyl halides is 1. The van der Waals surface area contributed by atoms with Gasteiger partial charge in [0.25, 0.3) is 0 Å². The first kappa shape index (κ1) is 11.2. The number of carbonyl (C=O) groups is 1. The smallest absolute Gasteiger partial charge is 0.223 e. The maximum absolute atomic E-state index is 13.1. The molecule has 2 atom stereocenters. The van der Waals surface area contributed by atoms with Gasteiger partial charge >= 0.3 is 0 Å². The lowest BCUT2D eigenvalue weighted by Crippen LogP contribution is -2.33. The van der Waals surface area contributed by atoms with E-state index < -0.39 is 6.17 Å². The molecule has 2 rings (SSSR count). The predicted octanol–water partition coefficient (Wildman–Crippen LogP) is 2.16. The highest BCUT2D eigenvalue weighted by molar-refractivity contribution is 5.78. The fourth-order valence-electron chi connectivity index (χ4n) is 2.17. The molecule has 88 valence electrons. The van der Waals surface area contributed by atoms with E-state index in [9.17, 15) is 9.18 Å². The SMILES string of the molecule is O=C(NCc1ccc[nH]1)C1CCCC(F)C1. The lowest BCUT2D eigenvalue weighted by molar-refractivity contribution is -0.126. The Hall–Kier alpha value is -1.32. The third-order valence-corrected chi connectivity index (χ3v) is 3.10. The molecule has 2 unspecified atom stereocenters. The third kappa shape index (κ3) is 2.84. The van der Waals surface area contributed by atoms with Crippen molar-refractivity contribution >= 4 is 5.91 Å². The van der Waals surface area contributed by atoms with Crippen molar-refractivity contribution in [2.24, 2.45) is 5.92 Å². The quantitative estimate of drug-likeness (QED) is 0.812. The van der Waals surface area contributed by atoms with Gasteiger partial charge in [0.15, 0.2) is 0 Å². The molecular weight excluding hydrogens is 207 g/mol. The Labute approximate surface area is 94.4 Å². The molecule has 1 aromatic heterocycles. The third-order valence-electron chi connectivity index (χ3n) is 3.10. The summed E-state index contributed by atoms with van der Waals surface area (Å²) in [5.41, 5.74) is 0.973. The van der Waals surface area contributed by atoms with E-state index in [1.165, 1.54) is 0 Å². The largest absolute Gasteiger partial charge is 0.364 e. The van der Waals surface area contributed by atoms with Gasteiger partial charge in [0.05, 0.1) is 6.54 Å². The van der Waals surface area contributed by atoms with Crippen molar-refractivity contribution in [3.63, 3.8) is 0 Å². The highest BCUT2D eigenvalue weighted by Crippen LogP contribution is 2.26. The van der Waals surface area contributed by atoms with Crippen molar-refractivity contribution in [2.45, 2.75) is 38.4 Å². The molecule has 0 aromatic carbocycles. The highest BCUT2D eigenvalue weighted by Gasteiger charge is 2.26. The number of hydrogen-bond acceptors (Lipinski definition) is 1. The van der Waals surface area contributed by atoms with E-state index in [1.807, 2.05) is 18.3 Å². The molecule has 1 amide bonds. The Morgan fingerprint density at radius 1 is 1.56 bits per heavy atom. The van der Waals surface area contributed by atoms with Crippen molar-refractivity contribution in [3.8, 4) is 0 Å².